The SMILES string of the molecule is COc1cc(CCc2cscc2CCc2ccc(O)c(OC)c2)ccc1O. The fourth-order valence-corrected chi connectivity index (χ4v) is 4.04. The topological polar surface area (TPSA) is 58.9 Å². The number of methoxy groups -OCH3 is 2. The Hall–Kier alpha value is -2.66. The number of phenols is 2. The molecule has 0 saturated carbocycles. The van der Waals surface area contributed by atoms with Gasteiger partial charge in [0, 0.05) is 0 Å². The fraction of sp³-hybridized carbons (Fsp3) is 0.273. The standard InChI is InChI=1S/C22H24O4S/c1-25-21-11-15(5-9-19(21)23)3-7-17-13-27-14-18(17)8-4-16-6-10-20(24)22(12-16)26-2/h5-6,9-14,23-24H,3-4,7-8H2,1-2H3. The van der Waals surface area contributed by atoms with E-state index in [0.29, 0.717) is 11.5 Å². The van der Waals surface area contributed by atoms with E-state index in [4.69, 9.17) is 9.47 Å². The zero-order chi connectivity index (χ0) is 19.2. The molecule has 0 fully saturated rings. The summed E-state index contributed by atoms with van der Waals surface area (Å²) in [5, 5.41) is 23.9. The minimum atomic E-state index is 0.168. The lowest BCUT2D eigenvalue weighted by Gasteiger charge is -2.09. The van der Waals surface area contributed by atoms with Crippen molar-refractivity contribution in [2.24, 2.45) is 0 Å². The van der Waals surface area contributed by atoms with Crippen LogP contribution in [0.5, 0.6) is 23.0 Å². The molecular weight excluding hydrogens is 360 g/mol. The zero-order valence-corrected chi connectivity index (χ0v) is 16.4. The molecule has 3 aromatic rings. The van der Waals surface area contributed by atoms with Crippen molar-refractivity contribution >= 4 is 11.3 Å². The van der Waals surface area contributed by atoms with Gasteiger partial charge in [-0.2, -0.15) is 11.3 Å². The lowest BCUT2D eigenvalue weighted by molar-refractivity contribution is 0.373. The lowest BCUT2D eigenvalue weighted by atomic mass is 9.99. The van der Waals surface area contributed by atoms with Crippen molar-refractivity contribution in [3.63, 3.8) is 0 Å². The van der Waals surface area contributed by atoms with E-state index in [9.17, 15) is 10.2 Å². The molecule has 3 rings (SSSR count). The van der Waals surface area contributed by atoms with E-state index >= 15 is 0 Å². The normalized spacial score (nSPS) is 10.7. The second kappa shape index (κ2) is 8.82. The maximum Gasteiger partial charge on any atom is 0.160 e. The van der Waals surface area contributed by atoms with Gasteiger partial charge in [0.05, 0.1) is 14.2 Å². The number of rotatable bonds is 8. The highest BCUT2D eigenvalue weighted by Gasteiger charge is 2.08. The molecule has 0 bridgehead atoms. The monoisotopic (exact) mass is 384 g/mol. The van der Waals surface area contributed by atoms with Crippen LogP contribution in [0, 0.1) is 0 Å². The summed E-state index contributed by atoms with van der Waals surface area (Å²) in [6.07, 6.45) is 3.69. The summed E-state index contributed by atoms with van der Waals surface area (Å²) < 4.78 is 10.4. The summed E-state index contributed by atoms with van der Waals surface area (Å²) in [6.45, 7) is 0. The molecule has 142 valence electrons. The van der Waals surface area contributed by atoms with Gasteiger partial charge in [0.15, 0.2) is 23.0 Å². The first-order valence-corrected chi connectivity index (χ1v) is 9.80. The van der Waals surface area contributed by atoms with Crippen molar-refractivity contribution < 1.29 is 19.7 Å². The van der Waals surface area contributed by atoms with Gasteiger partial charge in [0.2, 0.25) is 0 Å². The van der Waals surface area contributed by atoms with Gasteiger partial charge >= 0.3 is 0 Å². The minimum absolute atomic E-state index is 0.168. The van der Waals surface area contributed by atoms with Crippen LogP contribution < -0.4 is 9.47 Å². The fourth-order valence-electron chi connectivity index (χ4n) is 3.10. The quantitative estimate of drug-likeness (QED) is 0.589. The van der Waals surface area contributed by atoms with Gasteiger partial charge in [0.25, 0.3) is 0 Å². The summed E-state index contributed by atoms with van der Waals surface area (Å²) in [5.74, 6) is 1.36. The van der Waals surface area contributed by atoms with Crippen LogP contribution >= 0.6 is 11.3 Å². The Kier molecular flexibility index (Phi) is 6.24. The smallest absolute Gasteiger partial charge is 0.160 e. The lowest BCUT2D eigenvalue weighted by Crippen LogP contribution is -1.97. The molecule has 0 spiro atoms. The van der Waals surface area contributed by atoms with Crippen LogP contribution in [-0.4, -0.2) is 24.4 Å². The third-order valence-electron chi connectivity index (χ3n) is 4.69. The molecule has 0 aliphatic heterocycles. The molecule has 0 amide bonds. The van der Waals surface area contributed by atoms with Crippen LogP contribution in [0.2, 0.25) is 0 Å². The van der Waals surface area contributed by atoms with Gasteiger partial charge in [-0.3, -0.25) is 0 Å². The summed E-state index contributed by atoms with van der Waals surface area (Å²) in [4.78, 5) is 0. The van der Waals surface area contributed by atoms with E-state index in [0.717, 1.165) is 36.8 Å². The molecule has 0 saturated heterocycles. The molecule has 0 atom stereocenters. The first-order valence-electron chi connectivity index (χ1n) is 8.86. The molecule has 5 heteroatoms. The number of ether oxygens (including phenoxy) is 2. The first kappa shape index (κ1) is 19.1. The van der Waals surface area contributed by atoms with Crippen LogP contribution in [0.15, 0.2) is 47.2 Å². The zero-order valence-electron chi connectivity index (χ0n) is 15.6. The number of hydrogen-bond donors (Lipinski definition) is 2. The molecule has 0 aliphatic carbocycles. The van der Waals surface area contributed by atoms with Gasteiger partial charge in [-0.25, -0.2) is 0 Å². The van der Waals surface area contributed by atoms with Crippen LogP contribution in [0.1, 0.15) is 22.3 Å². The number of phenolic OH excluding ortho intramolecular Hbond substituents is 2. The average molecular weight is 384 g/mol. The Morgan fingerprint density at radius 1 is 0.704 bits per heavy atom. The summed E-state index contributed by atoms with van der Waals surface area (Å²) in [6, 6.07) is 11.0. The van der Waals surface area contributed by atoms with Gasteiger partial charge in [-0.15, -0.1) is 0 Å². The molecule has 0 radical (unpaired) electrons. The third kappa shape index (κ3) is 4.74. The molecule has 2 aromatic carbocycles. The van der Waals surface area contributed by atoms with Crippen molar-refractivity contribution in [2.75, 3.05) is 14.2 Å². The van der Waals surface area contributed by atoms with Gasteiger partial charge in [-0.05, 0) is 83.0 Å². The Morgan fingerprint density at radius 2 is 1.15 bits per heavy atom. The molecule has 4 nitrogen and oxygen atoms in total. The van der Waals surface area contributed by atoms with Crippen LogP contribution in [0.25, 0.3) is 0 Å². The summed E-state index contributed by atoms with van der Waals surface area (Å²) in [5.41, 5.74) is 5.01. The van der Waals surface area contributed by atoms with E-state index in [2.05, 4.69) is 10.8 Å². The molecule has 0 aliphatic rings. The van der Waals surface area contributed by atoms with Crippen LogP contribution in [-0.2, 0) is 25.7 Å². The van der Waals surface area contributed by atoms with Crippen molar-refractivity contribution in [2.45, 2.75) is 25.7 Å². The maximum atomic E-state index is 9.72. The highest BCUT2D eigenvalue weighted by atomic mass is 32.1. The molecule has 0 unspecified atom stereocenters. The number of aryl methyl sites for hydroxylation is 4. The van der Waals surface area contributed by atoms with Gasteiger partial charge < -0.3 is 19.7 Å². The second-order valence-corrected chi connectivity index (χ2v) is 7.18. The van der Waals surface area contributed by atoms with E-state index in [1.165, 1.54) is 11.1 Å². The predicted octanol–water partition coefficient (Wildman–Crippen LogP) is 4.75. The second-order valence-electron chi connectivity index (χ2n) is 6.43. The Bertz CT molecular complexity index is 829. The largest absolute Gasteiger partial charge is 0.504 e. The van der Waals surface area contributed by atoms with E-state index in [1.807, 2.05) is 24.3 Å². The number of benzene rings is 2. The van der Waals surface area contributed by atoms with Crippen LogP contribution in [0.3, 0.4) is 0 Å². The highest BCUT2D eigenvalue weighted by molar-refractivity contribution is 7.08. The number of thiophene rings is 1. The number of aromatic hydroxyl groups is 2. The van der Waals surface area contributed by atoms with E-state index < -0.39 is 0 Å². The Labute approximate surface area is 163 Å². The minimum Gasteiger partial charge on any atom is -0.504 e. The van der Waals surface area contributed by atoms with Gasteiger partial charge in [0.1, 0.15) is 0 Å². The average Bonchev–Trinajstić information content (AvgIpc) is 3.14. The maximum absolute atomic E-state index is 9.72. The van der Waals surface area contributed by atoms with E-state index in [1.54, 1.807) is 37.7 Å². The predicted molar refractivity (Wildman–Crippen MR) is 108 cm³/mol. The molecule has 27 heavy (non-hydrogen) atoms. The molecule has 1 heterocycles. The Morgan fingerprint density at radius 3 is 1.56 bits per heavy atom. The number of hydrogen-bond acceptors (Lipinski definition) is 5. The van der Waals surface area contributed by atoms with Crippen LogP contribution in [0.4, 0.5) is 0 Å². The first-order chi connectivity index (χ1) is 13.1. The summed E-state index contributed by atoms with van der Waals surface area (Å²) >= 11 is 1.73. The van der Waals surface area contributed by atoms with Crippen molar-refractivity contribution in [3.8, 4) is 23.0 Å². The van der Waals surface area contributed by atoms with Gasteiger partial charge in [-0.1, -0.05) is 12.1 Å². The summed E-state index contributed by atoms with van der Waals surface area (Å²) in [7, 11) is 3.13. The highest BCUT2D eigenvalue weighted by Crippen LogP contribution is 2.29. The Balaban J connectivity index is 1.62. The molecular formula is C22H24O4S. The third-order valence-corrected chi connectivity index (χ3v) is 5.53. The molecule has 1 aromatic heterocycles. The van der Waals surface area contributed by atoms with E-state index in [-0.39, 0.29) is 11.5 Å². The van der Waals surface area contributed by atoms with Crippen molar-refractivity contribution in [1.82, 2.24) is 0 Å². The van der Waals surface area contributed by atoms with Crippen molar-refractivity contribution in [1.29, 1.82) is 0 Å². The molecule has 2 N–H and O–H groups in total. The van der Waals surface area contributed by atoms with Crippen molar-refractivity contribution in [3.05, 3.63) is 69.4 Å².